The maximum atomic E-state index is 12.3. The number of hydrogen-bond donors (Lipinski definition) is 1. The van der Waals surface area contributed by atoms with Gasteiger partial charge in [-0.1, -0.05) is 51.7 Å². The Morgan fingerprint density at radius 3 is 2.24 bits per heavy atom. The van der Waals surface area contributed by atoms with Gasteiger partial charge in [0, 0.05) is 19.8 Å². The highest BCUT2D eigenvalue weighted by atomic mass is 16.5. The van der Waals surface area contributed by atoms with E-state index in [1.807, 2.05) is 0 Å². The van der Waals surface area contributed by atoms with Crippen LogP contribution in [-0.4, -0.2) is 38.9 Å². The molecular formula is C21H39NO3. The van der Waals surface area contributed by atoms with E-state index in [4.69, 9.17) is 9.47 Å². The van der Waals surface area contributed by atoms with Crippen LogP contribution in [0.5, 0.6) is 0 Å². The van der Waals surface area contributed by atoms with Gasteiger partial charge in [-0.2, -0.15) is 0 Å². The summed E-state index contributed by atoms with van der Waals surface area (Å²) in [4.78, 5) is 12.3. The Bertz CT molecular complexity index is 413. The van der Waals surface area contributed by atoms with Crippen molar-refractivity contribution in [1.29, 1.82) is 0 Å². The molecule has 0 spiro atoms. The van der Waals surface area contributed by atoms with Crippen molar-refractivity contribution in [3.8, 4) is 0 Å². The molecule has 1 aliphatic carbocycles. The zero-order valence-electron chi connectivity index (χ0n) is 17.0. The van der Waals surface area contributed by atoms with Crippen LogP contribution in [0.3, 0.4) is 0 Å². The fourth-order valence-electron chi connectivity index (χ4n) is 3.30. The summed E-state index contributed by atoms with van der Waals surface area (Å²) in [6.07, 6.45) is 8.03. The van der Waals surface area contributed by atoms with Gasteiger partial charge in [-0.15, -0.1) is 0 Å². The molecule has 0 aromatic heterocycles. The molecule has 0 bridgehead atoms. The lowest BCUT2D eigenvalue weighted by Crippen LogP contribution is -2.28. The first-order chi connectivity index (χ1) is 11.9. The molecule has 0 aliphatic heterocycles. The minimum absolute atomic E-state index is 0.0896. The number of ether oxygens (including phenoxy) is 2. The van der Waals surface area contributed by atoms with Crippen molar-refractivity contribution >= 4 is 5.91 Å². The largest absolute Gasteiger partial charge is 0.379 e. The standard InChI is InChI=1S/C21H39NO3/c1-6-7-8-9-12-24-14-15-25-13-10-11-22-20(23)19-18(16-17(2)3)21(19,4)5/h16,18-19H,6-15H2,1-5H3,(H,22,23)/t18-,19-/m0/s1. The Morgan fingerprint density at radius 1 is 1.00 bits per heavy atom. The second-order valence-electron chi connectivity index (χ2n) is 8.00. The molecule has 0 unspecified atom stereocenters. The van der Waals surface area contributed by atoms with Crippen molar-refractivity contribution in [2.75, 3.05) is 33.0 Å². The highest BCUT2D eigenvalue weighted by Crippen LogP contribution is 2.59. The average molecular weight is 354 g/mol. The van der Waals surface area contributed by atoms with E-state index in [0.29, 0.717) is 32.3 Å². The molecule has 1 N–H and O–H groups in total. The molecule has 0 heterocycles. The van der Waals surface area contributed by atoms with Gasteiger partial charge in [0.2, 0.25) is 5.91 Å². The van der Waals surface area contributed by atoms with Crippen LogP contribution in [0.1, 0.15) is 66.7 Å². The highest BCUT2D eigenvalue weighted by Gasteiger charge is 2.60. The number of carbonyl (C=O) groups is 1. The van der Waals surface area contributed by atoms with Gasteiger partial charge < -0.3 is 14.8 Å². The molecule has 2 atom stereocenters. The third-order valence-corrected chi connectivity index (χ3v) is 4.98. The second kappa shape index (κ2) is 11.7. The van der Waals surface area contributed by atoms with Gasteiger partial charge in [-0.05, 0) is 38.0 Å². The van der Waals surface area contributed by atoms with Crippen LogP contribution < -0.4 is 5.32 Å². The van der Waals surface area contributed by atoms with Crippen molar-refractivity contribution in [3.05, 3.63) is 11.6 Å². The fourth-order valence-corrected chi connectivity index (χ4v) is 3.30. The summed E-state index contributed by atoms with van der Waals surface area (Å²) < 4.78 is 11.1. The number of rotatable bonds is 14. The van der Waals surface area contributed by atoms with E-state index >= 15 is 0 Å². The molecule has 25 heavy (non-hydrogen) atoms. The monoisotopic (exact) mass is 353 g/mol. The lowest BCUT2D eigenvalue weighted by molar-refractivity contribution is -0.123. The van der Waals surface area contributed by atoms with E-state index in [2.05, 4.69) is 46.0 Å². The molecular weight excluding hydrogens is 314 g/mol. The van der Waals surface area contributed by atoms with Crippen LogP contribution in [0.15, 0.2) is 11.6 Å². The minimum atomic E-state index is 0.0896. The number of hydrogen-bond acceptors (Lipinski definition) is 3. The van der Waals surface area contributed by atoms with E-state index in [0.717, 1.165) is 19.4 Å². The quantitative estimate of drug-likeness (QED) is 0.373. The number of nitrogens with one attached hydrogen (secondary N) is 1. The zero-order valence-corrected chi connectivity index (χ0v) is 17.0. The maximum absolute atomic E-state index is 12.3. The van der Waals surface area contributed by atoms with Crippen LogP contribution in [0.2, 0.25) is 0 Å². The zero-order chi connectivity index (χ0) is 18.7. The molecule has 1 aliphatic rings. The molecule has 0 aromatic carbocycles. The Kier molecular flexibility index (Phi) is 10.4. The van der Waals surface area contributed by atoms with Gasteiger partial charge in [0.15, 0.2) is 0 Å². The lowest BCUT2D eigenvalue weighted by Gasteiger charge is -2.07. The second-order valence-corrected chi connectivity index (χ2v) is 8.00. The number of allylic oxidation sites excluding steroid dienone is 2. The smallest absolute Gasteiger partial charge is 0.224 e. The summed E-state index contributed by atoms with van der Waals surface area (Å²) in [7, 11) is 0. The van der Waals surface area contributed by atoms with Crippen LogP contribution in [0.4, 0.5) is 0 Å². The van der Waals surface area contributed by atoms with Crippen molar-refractivity contribution in [2.45, 2.75) is 66.7 Å². The van der Waals surface area contributed by atoms with Crippen LogP contribution in [0.25, 0.3) is 0 Å². The summed E-state index contributed by atoms with van der Waals surface area (Å²) in [5, 5.41) is 3.05. The predicted molar refractivity (Wildman–Crippen MR) is 104 cm³/mol. The van der Waals surface area contributed by atoms with Crippen LogP contribution in [0, 0.1) is 17.3 Å². The first-order valence-electron chi connectivity index (χ1n) is 9.99. The van der Waals surface area contributed by atoms with Crippen LogP contribution in [-0.2, 0) is 14.3 Å². The first kappa shape index (κ1) is 22.2. The van der Waals surface area contributed by atoms with Gasteiger partial charge in [0.05, 0.1) is 19.1 Å². The predicted octanol–water partition coefficient (Wildman–Crippen LogP) is 4.34. The molecule has 0 aromatic rings. The van der Waals surface area contributed by atoms with Crippen molar-refractivity contribution in [3.63, 3.8) is 0 Å². The molecule has 0 saturated heterocycles. The van der Waals surface area contributed by atoms with E-state index in [-0.39, 0.29) is 17.2 Å². The first-order valence-corrected chi connectivity index (χ1v) is 9.99. The van der Waals surface area contributed by atoms with Gasteiger partial charge >= 0.3 is 0 Å². The molecule has 4 nitrogen and oxygen atoms in total. The molecule has 1 saturated carbocycles. The van der Waals surface area contributed by atoms with E-state index in [1.54, 1.807) is 0 Å². The third kappa shape index (κ3) is 8.37. The van der Waals surface area contributed by atoms with Crippen molar-refractivity contribution in [2.24, 2.45) is 17.3 Å². The van der Waals surface area contributed by atoms with Gasteiger partial charge in [-0.3, -0.25) is 4.79 Å². The number of carbonyl (C=O) groups excluding carboxylic acids is 1. The normalized spacial score (nSPS) is 21.0. The van der Waals surface area contributed by atoms with Crippen LogP contribution >= 0.6 is 0 Å². The van der Waals surface area contributed by atoms with Gasteiger partial charge in [-0.25, -0.2) is 0 Å². The van der Waals surface area contributed by atoms with E-state index < -0.39 is 0 Å². The topological polar surface area (TPSA) is 47.6 Å². The number of amides is 1. The fraction of sp³-hybridized carbons (Fsp3) is 0.857. The van der Waals surface area contributed by atoms with Crippen molar-refractivity contribution < 1.29 is 14.3 Å². The Hall–Kier alpha value is -0.870. The lowest BCUT2D eigenvalue weighted by atomic mass is 10.1. The SMILES string of the molecule is CCCCCCOCCOCCCNC(=O)[C@@H]1[C@H](C=C(C)C)C1(C)C. The molecule has 4 heteroatoms. The molecule has 1 amide bonds. The van der Waals surface area contributed by atoms with E-state index in [1.165, 1.54) is 24.8 Å². The average Bonchev–Trinajstić information content (AvgIpc) is 3.08. The maximum Gasteiger partial charge on any atom is 0.224 e. The Labute approximate surface area is 154 Å². The molecule has 146 valence electrons. The summed E-state index contributed by atoms with van der Waals surface area (Å²) in [5.74, 6) is 0.676. The Balaban J connectivity index is 1.97. The summed E-state index contributed by atoms with van der Waals surface area (Å²) in [6, 6.07) is 0. The molecule has 1 rings (SSSR count). The molecule has 1 fully saturated rings. The van der Waals surface area contributed by atoms with E-state index in [9.17, 15) is 4.79 Å². The third-order valence-electron chi connectivity index (χ3n) is 4.98. The Morgan fingerprint density at radius 2 is 1.64 bits per heavy atom. The number of unbranched alkanes of at least 4 members (excludes halogenated alkanes) is 3. The molecule has 0 radical (unpaired) electrons. The van der Waals surface area contributed by atoms with Gasteiger partial charge in [0.1, 0.15) is 0 Å². The summed E-state index contributed by atoms with van der Waals surface area (Å²) in [6.45, 7) is 14.2. The minimum Gasteiger partial charge on any atom is -0.379 e. The highest BCUT2D eigenvalue weighted by molar-refractivity contribution is 5.83. The summed E-state index contributed by atoms with van der Waals surface area (Å²) >= 11 is 0. The van der Waals surface area contributed by atoms with Crippen molar-refractivity contribution in [1.82, 2.24) is 5.32 Å². The van der Waals surface area contributed by atoms with Gasteiger partial charge in [0.25, 0.3) is 0 Å². The summed E-state index contributed by atoms with van der Waals surface area (Å²) in [5.41, 5.74) is 1.38.